The van der Waals surface area contributed by atoms with Crippen molar-refractivity contribution in [1.82, 2.24) is 4.90 Å². The molecule has 1 heterocycles. The molecule has 1 aliphatic rings. The van der Waals surface area contributed by atoms with Gasteiger partial charge in [-0.15, -0.1) is 0 Å². The SMILES string of the molecule is CC(C)(C)[C@H](N)C(=O)N1CCC(Oc2cccc(F)c2)CC1. The second-order valence-electron chi connectivity index (χ2n) is 6.94. The van der Waals surface area contributed by atoms with E-state index in [1.54, 1.807) is 17.0 Å². The van der Waals surface area contributed by atoms with E-state index in [0.717, 1.165) is 12.8 Å². The maximum absolute atomic E-state index is 13.1. The van der Waals surface area contributed by atoms with Crippen molar-refractivity contribution in [3.63, 3.8) is 0 Å². The molecule has 5 heteroatoms. The molecule has 122 valence electrons. The predicted molar refractivity (Wildman–Crippen MR) is 84.1 cm³/mol. The fourth-order valence-corrected chi connectivity index (χ4v) is 2.49. The van der Waals surface area contributed by atoms with Gasteiger partial charge < -0.3 is 15.4 Å². The van der Waals surface area contributed by atoms with Crippen LogP contribution in [0, 0.1) is 11.2 Å². The molecule has 1 amide bonds. The van der Waals surface area contributed by atoms with Crippen LogP contribution < -0.4 is 10.5 Å². The second kappa shape index (κ2) is 6.65. The van der Waals surface area contributed by atoms with Crippen molar-refractivity contribution in [1.29, 1.82) is 0 Å². The van der Waals surface area contributed by atoms with Gasteiger partial charge >= 0.3 is 0 Å². The molecule has 0 radical (unpaired) electrons. The van der Waals surface area contributed by atoms with Gasteiger partial charge in [0.2, 0.25) is 5.91 Å². The van der Waals surface area contributed by atoms with Crippen LogP contribution in [0.25, 0.3) is 0 Å². The third-order valence-corrected chi connectivity index (χ3v) is 4.05. The zero-order chi connectivity index (χ0) is 16.3. The van der Waals surface area contributed by atoms with Gasteiger partial charge in [-0.2, -0.15) is 0 Å². The Morgan fingerprint density at radius 1 is 1.36 bits per heavy atom. The molecular weight excluding hydrogens is 283 g/mol. The van der Waals surface area contributed by atoms with Gasteiger partial charge in [0, 0.05) is 32.0 Å². The van der Waals surface area contributed by atoms with Crippen LogP contribution in [0.2, 0.25) is 0 Å². The maximum Gasteiger partial charge on any atom is 0.240 e. The van der Waals surface area contributed by atoms with Crippen LogP contribution in [-0.2, 0) is 4.79 Å². The first-order chi connectivity index (χ1) is 10.3. The minimum atomic E-state index is -0.492. The number of carbonyl (C=O) groups excluding carboxylic acids is 1. The van der Waals surface area contributed by atoms with Crippen molar-refractivity contribution in [3.8, 4) is 5.75 Å². The lowest BCUT2D eigenvalue weighted by atomic mass is 9.86. The third-order valence-electron chi connectivity index (χ3n) is 4.05. The number of benzene rings is 1. The van der Waals surface area contributed by atoms with Crippen molar-refractivity contribution < 1.29 is 13.9 Å². The van der Waals surface area contributed by atoms with Crippen LogP contribution in [0.15, 0.2) is 24.3 Å². The number of nitrogens with zero attached hydrogens (tertiary/aromatic N) is 1. The quantitative estimate of drug-likeness (QED) is 0.933. The van der Waals surface area contributed by atoms with Crippen LogP contribution in [-0.4, -0.2) is 36.0 Å². The van der Waals surface area contributed by atoms with E-state index in [1.165, 1.54) is 12.1 Å². The van der Waals surface area contributed by atoms with Crippen LogP contribution >= 0.6 is 0 Å². The standard InChI is InChI=1S/C17H25FN2O2/c1-17(2,3)15(19)16(21)20-9-7-13(8-10-20)22-14-6-4-5-12(18)11-14/h4-6,11,13,15H,7-10,19H2,1-3H3/t15-/m1/s1. The number of carbonyl (C=O) groups is 1. The molecule has 1 atom stereocenters. The Hall–Kier alpha value is -1.62. The Labute approximate surface area is 131 Å². The van der Waals surface area contributed by atoms with E-state index < -0.39 is 6.04 Å². The predicted octanol–water partition coefficient (Wildman–Crippen LogP) is 2.57. The monoisotopic (exact) mass is 308 g/mol. The van der Waals surface area contributed by atoms with Crippen molar-refractivity contribution in [2.24, 2.45) is 11.1 Å². The molecule has 0 unspecified atom stereocenters. The van der Waals surface area contributed by atoms with E-state index in [1.807, 2.05) is 20.8 Å². The topological polar surface area (TPSA) is 55.6 Å². The van der Waals surface area contributed by atoms with E-state index in [4.69, 9.17) is 10.5 Å². The summed E-state index contributed by atoms with van der Waals surface area (Å²) in [5.74, 6) is 0.231. The highest BCUT2D eigenvalue weighted by molar-refractivity contribution is 5.82. The molecule has 1 aromatic carbocycles. The molecule has 1 aromatic rings. The Morgan fingerprint density at radius 3 is 2.55 bits per heavy atom. The summed E-state index contributed by atoms with van der Waals surface area (Å²) in [6.07, 6.45) is 1.48. The highest BCUT2D eigenvalue weighted by atomic mass is 19.1. The summed E-state index contributed by atoms with van der Waals surface area (Å²) >= 11 is 0. The summed E-state index contributed by atoms with van der Waals surface area (Å²) in [4.78, 5) is 14.2. The largest absolute Gasteiger partial charge is 0.490 e. The number of halogens is 1. The minimum absolute atomic E-state index is 0.00305. The number of nitrogens with two attached hydrogens (primary N) is 1. The molecule has 0 spiro atoms. The van der Waals surface area contributed by atoms with Crippen molar-refractivity contribution in [2.45, 2.75) is 45.8 Å². The van der Waals surface area contributed by atoms with Crippen LogP contribution in [0.3, 0.4) is 0 Å². The number of amides is 1. The van der Waals surface area contributed by atoms with Crippen molar-refractivity contribution in [2.75, 3.05) is 13.1 Å². The van der Waals surface area contributed by atoms with Gasteiger partial charge in [-0.1, -0.05) is 26.8 Å². The number of piperidine rings is 1. The first kappa shape index (κ1) is 16.7. The summed E-state index contributed by atoms with van der Waals surface area (Å²) in [5, 5.41) is 0. The van der Waals surface area contributed by atoms with E-state index in [9.17, 15) is 9.18 Å². The molecule has 22 heavy (non-hydrogen) atoms. The first-order valence-corrected chi connectivity index (χ1v) is 7.74. The van der Waals surface area contributed by atoms with Crippen LogP contribution in [0.4, 0.5) is 4.39 Å². The van der Waals surface area contributed by atoms with Gasteiger partial charge in [0.25, 0.3) is 0 Å². The van der Waals surface area contributed by atoms with Gasteiger partial charge in [-0.25, -0.2) is 4.39 Å². The molecule has 4 nitrogen and oxygen atoms in total. The molecule has 0 bridgehead atoms. The Kier molecular flexibility index (Phi) is 5.06. The van der Waals surface area contributed by atoms with Crippen LogP contribution in [0.1, 0.15) is 33.6 Å². The van der Waals surface area contributed by atoms with Gasteiger partial charge in [0.15, 0.2) is 0 Å². The van der Waals surface area contributed by atoms with Crippen molar-refractivity contribution in [3.05, 3.63) is 30.1 Å². The highest BCUT2D eigenvalue weighted by Gasteiger charge is 2.33. The number of ether oxygens (including phenoxy) is 1. The van der Waals surface area contributed by atoms with E-state index in [-0.39, 0.29) is 23.2 Å². The molecule has 2 rings (SSSR count). The second-order valence-corrected chi connectivity index (χ2v) is 6.94. The molecule has 1 fully saturated rings. The van der Waals surface area contributed by atoms with E-state index in [2.05, 4.69) is 0 Å². The molecule has 1 aliphatic heterocycles. The minimum Gasteiger partial charge on any atom is -0.490 e. The van der Waals surface area contributed by atoms with Gasteiger partial charge in [0.1, 0.15) is 17.7 Å². The molecule has 2 N–H and O–H groups in total. The molecule has 0 saturated carbocycles. The van der Waals surface area contributed by atoms with E-state index >= 15 is 0 Å². The number of likely N-dealkylation sites (tertiary alicyclic amines) is 1. The number of hydrogen-bond donors (Lipinski definition) is 1. The normalized spacial score (nSPS) is 18.1. The van der Waals surface area contributed by atoms with Gasteiger partial charge in [0.05, 0.1) is 6.04 Å². The zero-order valence-corrected chi connectivity index (χ0v) is 13.5. The first-order valence-electron chi connectivity index (χ1n) is 7.74. The van der Waals surface area contributed by atoms with Gasteiger partial charge in [-0.3, -0.25) is 4.79 Å². The lowest BCUT2D eigenvalue weighted by Gasteiger charge is -2.36. The molecular formula is C17H25FN2O2. The molecule has 1 saturated heterocycles. The number of hydrogen-bond acceptors (Lipinski definition) is 3. The van der Waals surface area contributed by atoms with E-state index in [0.29, 0.717) is 18.8 Å². The zero-order valence-electron chi connectivity index (χ0n) is 13.5. The summed E-state index contributed by atoms with van der Waals surface area (Å²) in [6.45, 7) is 7.16. The average molecular weight is 308 g/mol. The highest BCUT2D eigenvalue weighted by Crippen LogP contribution is 2.23. The lowest BCUT2D eigenvalue weighted by molar-refractivity contribution is -0.136. The summed E-state index contributed by atoms with van der Waals surface area (Å²) < 4.78 is 18.9. The van der Waals surface area contributed by atoms with Crippen LogP contribution in [0.5, 0.6) is 5.75 Å². The average Bonchev–Trinajstić information content (AvgIpc) is 2.45. The summed E-state index contributed by atoms with van der Waals surface area (Å²) in [5.41, 5.74) is 5.79. The Balaban J connectivity index is 1.87. The fourth-order valence-electron chi connectivity index (χ4n) is 2.49. The smallest absolute Gasteiger partial charge is 0.240 e. The number of rotatable bonds is 3. The fraction of sp³-hybridized carbons (Fsp3) is 0.588. The summed E-state index contributed by atoms with van der Waals surface area (Å²) in [6, 6.07) is 5.66. The maximum atomic E-state index is 13.1. The summed E-state index contributed by atoms with van der Waals surface area (Å²) in [7, 11) is 0. The molecule has 0 aromatic heterocycles. The Bertz CT molecular complexity index is 520. The van der Waals surface area contributed by atoms with Crippen molar-refractivity contribution >= 4 is 5.91 Å². The third kappa shape index (κ3) is 4.19. The van der Waals surface area contributed by atoms with Gasteiger partial charge in [-0.05, 0) is 17.5 Å². The lowest BCUT2D eigenvalue weighted by Crippen LogP contribution is -2.53. The Morgan fingerprint density at radius 2 is 2.00 bits per heavy atom. The molecule has 0 aliphatic carbocycles.